The van der Waals surface area contributed by atoms with Crippen molar-refractivity contribution in [3.63, 3.8) is 0 Å². The van der Waals surface area contributed by atoms with Crippen LogP contribution in [0.3, 0.4) is 0 Å². The van der Waals surface area contributed by atoms with Crippen LogP contribution in [0.2, 0.25) is 0 Å². The van der Waals surface area contributed by atoms with Crippen LogP contribution in [0.5, 0.6) is 0 Å². The van der Waals surface area contributed by atoms with Crippen LogP contribution in [0.25, 0.3) is 0 Å². The van der Waals surface area contributed by atoms with Crippen molar-refractivity contribution in [2.24, 2.45) is 7.05 Å². The van der Waals surface area contributed by atoms with Crippen molar-refractivity contribution in [2.45, 2.75) is 81.7 Å². The number of rotatable bonds is 7. The Kier molecular flexibility index (Phi) is 6.65. The number of anilines is 1. The number of halogens is 6. The minimum Gasteiger partial charge on any atom is -0.307 e. The summed E-state index contributed by atoms with van der Waals surface area (Å²) in [6.45, 7) is 1.93. The number of fused-ring (bicyclic) bond motifs is 1. The first kappa shape index (κ1) is 28.6. The van der Waals surface area contributed by atoms with Crippen LogP contribution in [0, 0.1) is 0 Å². The van der Waals surface area contributed by atoms with Gasteiger partial charge in [0, 0.05) is 30.4 Å². The largest absolute Gasteiger partial charge is 0.522 e. The van der Waals surface area contributed by atoms with Gasteiger partial charge < -0.3 is 10.2 Å². The Morgan fingerprint density at radius 1 is 1.10 bits per heavy atom. The predicted molar refractivity (Wildman–Crippen MR) is 137 cm³/mol. The Balaban J connectivity index is 1.32. The zero-order valence-electron chi connectivity index (χ0n) is 22.8. The van der Waals surface area contributed by atoms with Crippen LogP contribution in [0.4, 0.5) is 32.0 Å². The molecule has 1 aliphatic heterocycles. The number of nitrogens with one attached hydrogen (secondary N) is 1. The fourth-order valence-electron chi connectivity index (χ4n) is 6.37. The number of nitrogens with zero attached hydrogens (tertiary/aromatic N) is 5. The standard InChI is InChI=1S/C28H28F6N6O2/c1-25(7-4-8-25)35-14-16-9-20-21(22(10-16)27(29,30)31)15-40(23(20)41)18-6-3-5-17(11-18)26(24-36-37-38-39(24)2)12-19(13-26)42-28(32,33)34/h3,5-6,9-11,19,35H,4,7-8,12-15H2,1-2H3/t19-,26+. The number of hydrogen-bond acceptors (Lipinski definition) is 6. The van der Waals surface area contributed by atoms with Crippen LogP contribution >= 0.6 is 0 Å². The molecule has 2 aromatic carbocycles. The number of carbonyl (C=O) groups excluding carboxylic acids is 1. The number of hydrogen-bond donors (Lipinski definition) is 1. The third kappa shape index (κ3) is 5.04. The molecule has 0 spiro atoms. The molecule has 42 heavy (non-hydrogen) atoms. The zero-order chi connectivity index (χ0) is 30.1. The molecule has 2 saturated carbocycles. The van der Waals surface area contributed by atoms with Crippen molar-refractivity contribution in [1.29, 1.82) is 0 Å². The smallest absolute Gasteiger partial charge is 0.307 e. The number of aromatic nitrogens is 4. The van der Waals surface area contributed by atoms with Gasteiger partial charge in [0.25, 0.3) is 5.91 Å². The zero-order valence-corrected chi connectivity index (χ0v) is 22.8. The fraction of sp³-hybridized carbons (Fsp3) is 0.500. The van der Waals surface area contributed by atoms with E-state index in [2.05, 4.69) is 25.6 Å². The van der Waals surface area contributed by atoms with Crippen LogP contribution in [0.15, 0.2) is 36.4 Å². The molecular weight excluding hydrogens is 566 g/mol. The molecule has 0 radical (unpaired) electrons. The van der Waals surface area contributed by atoms with Gasteiger partial charge in [-0.1, -0.05) is 12.1 Å². The van der Waals surface area contributed by atoms with Crippen LogP contribution in [-0.2, 0) is 36.5 Å². The maximum Gasteiger partial charge on any atom is 0.522 e. The monoisotopic (exact) mass is 594 g/mol. The van der Waals surface area contributed by atoms with E-state index in [9.17, 15) is 31.1 Å². The van der Waals surface area contributed by atoms with Crippen molar-refractivity contribution in [1.82, 2.24) is 25.5 Å². The Labute approximate surface area is 237 Å². The molecule has 2 aliphatic carbocycles. The van der Waals surface area contributed by atoms with Gasteiger partial charge in [0.2, 0.25) is 0 Å². The summed E-state index contributed by atoms with van der Waals surface area (Å²) in [7, 11) is 1.57. The molecule has 0 atom stereocenters. The highest BCUT2D eigenvalue weighted by Gasteiger charge is 2.54. The lowest BCUT2D eigenvalue weighted by molar-refractivity contribution is -0.354. The molecule has 0 unspecified atom stereocenters. The van der Waals surface area contributed by atoms with Crippen molar-refractivity contribution in [3.05, 3.63) is 70.0 Å². The van der Waals surface area contributed by atoms with E-state index in [4.69, 9.17) is 0 Å². The Morgan fingerprint density at radius 3 is 2.43 bits per heavy atom. The topological polar surface area (TPSA) is 85.2 Å². The maximum atomic E-state index is 14.2. The van der Waals surface area contributed by atoms with Crippen molar-refractivity contribution >= 4 is 11.6 Å². The molecule has 0 saturated heterocycles. The number of alkyl halides is 6. The van der Waals surface area contributed by atoms with Gasteiger partial charge in [-0.05, 0) is 90.4 Å². The summed E-state index contributed by atoms with van der Waals surface area (Å²) in [5.41, 5.74) is -0.934. The molecule has 224 valence electrons. The minimum atomic E-state index is -4.81. The average Bonchev–Trinajstić information content (AvgIpc) is 3.45. The summed E-state index contributed by atoms with van der Waals surface area (Å²) in [6, 6.07) is 9.11. The van der Waals surface area contributed by atoms with Crippen molar-refractivity contribution < 1.29 is 35.9 Å². The lowest BCUT2D eigenvalue weighted by atomic mass is 9.62. The molecule has 14 heteroatoms. The Morgan fingerprint density at radius 2 is 1.83 bits per heavy atom. The highest BCUT2D eigenvalue weighted by atomic mass is 19.4. The summed E-state index contributed by atoms with van der Waals surface area (Å²) < 4.78 is 86.9. The van der Waals surface area contributed by atoms with Crippen molar-refractivity contribution in [3.8, 4) is 0 Å². The van der Waals surface area contributed by atoms with E-state index in [0.717, 1.165) is 25.3 Å². The van der Waals surface area contributed by atoms with Gasteiger partial charge in [0.15, 0.2) is 5.82 Å². The van der Waals surface area contributed by atoms with Gasteiger partial charge in [-0.15, -0.1) is 18.3 Å². The lowest BCUT2D eigenvalue weighted by Crippen LogP contribution is -2.50. The van der Waals surface area contributed by atoms with Crippen LogP contribution in [-0.4, -0.2) is 44.1 Å². The molecule has 8 nitrogen and oxygen atoms in total. The normalized spacial score (nSPS) is 23.5. The molecule has 3 aromatic rings. The summed E-state index contributed by atoms with van der Waals surface area (Å²) in [6.07, 6.45) is -7.85. The molecule has 3 aliphatic rings. The number of aryl methyl sites for hydroxylation is 1. The molecule has 6 rings (SSSR count). The van der Waals surface area contributed by atoms with Gasteiger partial charge in [-0.2, -0.15) is 13.2 Å². The Hall–Kier alpha value is -3.52. The fourth-order valence-corrected chi connectivity index (χ4v) is 6.37. The first-order chi connectivity index (χ1) is 19.7. The lowest BCUT2D eigenvalue weighted by Gasteiger charge is -2.46. The Bertz CT molecular complexity index is 1520. The molecule has 1 amide bonds. The minimum absolute atomic E-state index is 0.0136. The first-order valence-electron chi connectivity index (χ1n) is 13.6. The third-order valence-corrected chi connectivity index (χ3v) is 8.79. The van der Waals surface area contributed by atoms with E-state index < -0.39 is 35.5 Å². The van der Waals surface area contributed by atoms with Gasteiger partial charge in [-0.25, -0.2) is 4.68 Å². The van der Waals surface area contributed by atoms with E-state index in [-0.39, 0.29) is 42.6 Å². The van der Waals surface area contributed by atoms with Gasteiger partial charge in [0.05, 0.1) is 23.6 Å². The molecule has 1 aromatic heterocycles. The summed E-state index contributed by atoms with van der Waals surface area (Å²) in [4.78, 5) is 14.9. The van der Waals surface area contributed by atoms with Crippen LogP contribution < -0.4 is 10.2 Å². The number of carbonyl (C=O) groups is 1. The van der Waals surface area contributed by atoms with E-state index >= 15 is 0 Å². The van der Waals surface area contributed by atoms with E-state index in [1.807, 2.05) is 6.92 Å². The summed E-state index contributed by atoms with van der Waals surface area (Å²) >= 11 is 0. The summed E-state index contributed by atoms with van der Waals surface area (Å²) in [5.74, 6) is -0.264. The third-order valence-electron chi connectivity index (χ3n) is 8.79. The molecule has 1 N–H and O–H groups in total. The average molecular weight is 595 g/mol. The number of benzene rings is 2. The molecule has 2 fully saturated rings. The van der Waals surface area contributed by atoms with Gasteiger partial charge in [0.1, 0.15) is 0 Å². The van der Waals surface area contributed by atoms with E-state index in [0.29, 0.717) is 22.6 Å². The molecule has 2 heterocycles. The van der Waals surface area contributed by atoms with Crippen molar-refractivity contribution in [2.75, 3.05) is 4.90 Å². The predicted octanol–water partition coefficient (Wildman–Crippen LogP) is 5.41. The second-order valence-corrected chi connectivity index (χ2v) is 11.7. The second kappa shape index (κ2) is 9.76. The second-order valence-electron chi connectivity index (χ2n) is 11.7. The number of ether oxygens (including phenoxy) is 1. The van der Waals surface area contributed by atoms with E-state index in [1.54, 1.807) is 31.3 Å². The SMILES string of the molecule is Cn1nnnc1[C@]1(c2cccc(N3Cc4c(cc(CNC5(C)CCC5)cc4C(F)(F)F)C3=O)c2)C[C@H](OC(F)(F)F)C1. The van der Waals surface area contributed by atoms with Gasteiger partial charge in [-0.3, -0.25) is 9.53 Å². The molecular formula is C28H28F6N6O2. The maximum absolute atomic E-state index is 14.2. The quantitative estimate of drug-likeness (QED) is 0.369. The van der Waals surface area contributed by atoms with Gasteiger partial charge >= 0.3 is 12.5 Å². The highest BCUT2D eigenvalue weighted by Crippen LogP contribution is 2.51. The number of amides is 1. The highest BCUT2D eigenvalue weighted by molar-refractivity contribution is 6.10. The summed E-state index contributed by atoms with van der Waals surface area (Å²) in [5, 5.41) is 14.8. The first-order valence-corrected chi connectivity index (χ1v) is 13.6. The molecule has 0 bridgehead atoms. The van der Waals surface area contributed by atoms with E-state index in [1.165, 1.54) is 15.6 Å². The number of tetrazole rings is 1. The van der Waals surface area contributed by atoms with Crippen LogP contribution in [0.1, 0.15) is 77.5 Å².